The van der Waals surface area contributed by atoms with E-state index in [-0.39, 0.29) is 49.3 Å². The number of benzene rings is 1. The Bertz CT molecular complexity index is 834. The lowest BCUT2D eigenvalue weighted by molar-refractivity contribution is -0.274. The van der Waals surface area contributed by atoms with Crippen molar-refractivity contribution in [2.45, 2.75) is 43.2 Å². The van der Waals surface area contributed by atoms with Crippen LogP contribution in [0.15, 0.2) is 29.2 Å². The highest BCUT2D eigenvalue weighted by Crippen LogP contribution is 2.25. The molecule has 0 unspecified atom stereocenters. The first kappa shape index (κ1) is 22.6. The maximum absolute atomic E-state index is 12.7. The second kappa shape index (κ2) is 8.98. The molecule has 1 N–H and O–H groups in total. The normalized spacial score (nSPS) is 22.0. The first-order valence-corrected chi connectivity index (χ1v) is 11.0. The Hall–Kier alpha value is -2.05. The van der Waals surface area contributed by atoms with Crippen molar-refractivity contribution < 1.29 is 35.9 Å². The van der Waals surface area contributed by atoms with Crippen molar-refractivity contribution in [1.82, 2.24) is 14.5 Å². The van der Waals surface area contributed by atoms with Gasteiger partial charge in [0.1, 0.15) is 5.75 Å². The second-order valence-corrected chi connectivity index (χ2v) is 9.14. The van der Waals surface area contributed by atoms with Crippen LogP contribution in [0.4, 0.5) is 18.0 Å². The van der Waals surface area contributed by atoms with Gasteiger partial charge in [0.25, 0.3) is 0 Å². The number of piperazine rings is 1. The fourth-order valence-electron chi connectivity index (χ4n) is 3.47. The van der Waals surface area contributed by atoms with Gasteiger partial charge in [-0.1, -0.05) is 0 Å². The zero-order valence-corrected chi connectivity index (χ0v) is 17.2. The number of carbonyl (C=O) groups is 1. The lowest BCUT2D eigenvalue weighted by atomic mass is 10.1. The molecule has 1 aromatic rings. The fraction of sp³-hybridized carbons (Fsp3) is 0.611. The molecule has 30 heavy (non-hydrogen) atoms. The van der Waals surface area contributed by atoms with Crippen LogP contribution in [-0.4, -0.2) is 74.9 Å². The molecular formula is C18H24F3N3O5S. The van der Waals surface area contributed by atoms with Crippen LogP contribution < -0.4 is 10.1 Å². The molecule has 1 aromatic carbocycles. The first-order chi connectivity index (χ1) is 14.1. The van der Waals surface area contributed by atoms with E-state index in [4.69, 9.17) is 4.74 Å². The third-order valence-electron chi connectivity index (χ3n) is 5.09. The topological polar surface area (TPSA) is 88.2 Å². The van der Waals surface area contributed by atoms with Crippen LogP contribution in [0.3, 0.4) is 0 Å². The Labute approximate surface area is 173 Å². The van der Waals surface area contributed by atoms with Gasteiger partial charge in [0.15, 0.2) is 0 Å². The van der Waals surface area contributed by atoms with Gasteiger partial charge < -0.3 is 19.7 Å². The van der Waals surface area contributed by atoms with E-state index in [2.05, 4.69) is 10.1 Å². The van der Waals surface area contributed by atoms with E-state index in [0.717, 1.165) is 37.1 Å². The van der Waals surface area contributed by atoms with Crippen molar-refractivity contribution in [2.24, 2.45) is 0 Å². The number of nitrogens with one attached hydrogen (secondary N) is 1. The number of rotatable bonds is 5. The molecule has 8 nitrogen and oxygen atoms in total. The van der Waals surface area contributed by atoms with E-state index >= 15 is 0 Å². The molecule has 2 fully saturated rings. The maximum atomic E-state index is 12.7. The third kappa shape index (κ3) is 5.55. The summed E-state index contributed by atoms with van der Waals surface area (Å²) in [7, 11) is -3.89. The zero-order chi connectivity index (χ0) is 21.9. The number of amides is 2. The van der Waals surface area contributed by atoms with Crippen LogP contribution in [0.25, 0.3) is 0 Å². The van der Waals surface area contributed by atoms with E-state index < -0.39 is 22.1 Å². The highest BCUT2D eigenvalue weighted by molar-refractivity contribution is 7.89. The number of nitrogens with zero attached hydrogens (tertiary/aromatic N) is 2. The van der Waals surface area contributed by atoms with Gasteiger partial charge in [-0.25, -0.2) is 13.2 Å². The Balaban J connectivity index is 1.55. The molecule has 0 saturated carbocycles. The lowest BCUT2D eigenvalue weighted by Crippen LogP contribution is -2.55. The quantitative estimate of drug-likeness (QED) is 0.742. The van der Waals surface area contributed by atoms with E-state index in [1.165, 1.54) is 9.21 Å². The molecule has 2 amide bonds. The van der Waals surface area contributed by atoms with Gasteiger partial charge in [0.2, 0.25) is 10.0 Å². The van der Waals surface area contributed by atoms with E-state index in [1.54, 1.807) is 0 Å². The predicted molar refractivity (Wildman–Crippen MR) is 100 cm³/mol. The Morgan fingerprint density at radius 2 is 1.83 bits per heavy atom. The highest BCUT2D eigenvalue weighted by Gasteiger charge is 2.33. The van der Waals surface area contributed by atoms with Crippen LogP contribution >= 0.6 is 0 Å². The summed E-state index contributed by atoms with van der Waals surface area (Å²) in [5.74, 6) is -0.497. The molecule has 2 aliphatic rings. The number of carbonyl (C=O) groups excluding carboxylic acids is 1. The average Bonchev–Trinajstić information content (AvgIpc) is 3.22. The smallest absolute Gasteiger partial charge is 0.406 e. The highest BCUT2D eigenvalue weighted by atomic mass is 32.2. The minimum atomic E-state index is -4.85. The molecule has 0 bridgehead atoms. The van der Waals surface area contributed by atoms with Crippen LogP contribution in [-0.2, 0) is 14.8 Å². The maximum Gasteiger partial charge on any atom is 0.573 e. The summed E-state index contributed by atoms with van der Waals surface area (Å²) < 4.78 is 72.7. The number of halogens is 3. The van der Waals surface area contributed by atoms with Crippen molar-refractivity contribution in [3.8, 4) is 5.75 Å². The Morgan fingerprint density at radius 1 is 1.20 bits per heavy atom. The minimum Gasteiger partial charge on any atom is -0.406 e. The number of hydrogen-bond acceptors (Lipinski definition) is 5. The van der Waals surface area contributed by atoms with Crippen LogP contribution in [0, 0.1) is 0 Å². The van der Waals surface area contributed by atoms with Crippen molar-refractivity contribution in [1.29, 1.82) is 0 Å². The van der Waals surface area contributed by atoms with Crippen molar-refractivity contribution in [2.75, 3.05) is 32.8 Å². The Morgan fingerprint density at radius 3 is 2.37 bits per heavy atom. The molecule has 2 atom stereocenters. The second-order valence-electron chi connectivity index (χ2n) is 7.20. The number of hydrogen-bond donors (Lipinski definition) is 1. The van der Waals surface area contributed by atoms with E-state index in [0.29, 0.717) is 6.61 Å². The standard InChI is InChI=1S/C18H24F3N3O5S/c1-13(16-3-2-12-28-16)22-17(25)23-8-10-24(11-9-23)30(26,27)15-6-4-14(5-7-15)29-18(19,20)21/h4-7,13,16H,2-3,8-12H2,1H3,(H,22,25)/t13-,16-/m1/s1. The number of ether oxygens (including phenoxy) is 2. The summed E-state index contributed by atoms with van der Waals surface area (Å²) in [4.78, 5) is 13.8. The predicted octanol–water partition coefficient (Wildman–Crippen LogP) is 2.17. The van der Waals surface area contributed by atoms with Crippen LogP contribution in [0.5, 0.6) is 5.75 Å². The van der Waals surface area contributed by atoms with Crippen molar-refractivity contribution >= 4 is 16.1 Å². The summed E-state index contributed by atoms with van der Waals surface area (Å²) in [5.41, 5.74) is 0. The molecule has 2 heterocycles. The van der Waals surface area contributed by atoms with E-state index in [1.807, 2.05) is 6.92 Å². The largest absolute Gasteiger partial charge is 0.573 e. The molecule has 0 aliphatic carbocycles. The summed E-state index contributed by atoms with van der Waals surface area (Å²) in [6.07, 6.45) is -3.01. The lowest BCUT2D eigenvalue weighted by Gasteiger charge is -2.35. The van der Waals surface area contributed by atoms with Gasteiger partial charge in [-0.05, 0) is 44.0 Å². The fourth-order valence-corrected chi connectivity index (χ4v) is 4.89. The van der Waals surface area contributed by atoms with Crippen LogP contribution in [0.2, 0.25) is 0 Å². The third-order valence-corrected chi connectivity index (χ3v) is 7.01. The zero-order valence-electron chi connectivity index (χ0n) is 16.4. The molecule has 0 spiro atoms. The molecule has 3 rings (SSSR count). The minimum absolute atomic E-state index is 0.0140. The first-order valence-electron chi connectivity index (χ1n) is 9.59. The van der Waals surface area contributed by atoms with Crippen molar-refractivity contribution in [3.05, 3.63) is 24.3 Å². The molecule has 0 aromatic heterocycles. The summed E-state index contributed by atoms with van der Waals surface area (Å²) in [6, 6.07) is 3.63. The molecule has 12 heteroatoms. The monoisotopic (exact) mass is 451 g/mol. The van der Waals surface area contributed by atoms with Crippen molar-refractivity contribution in [3.63, 3.8) is 0 Å². The summed E-state index contributed by atoms with van der Waals surface area (Å²) in [5, 5.41) is 2.89. The molecule has 2 saturated heterocycles. The molecular weight excluding hydrogens is 427 g/mol. The van der Waals surface area contributed by atoms with Crippen LogP contribution in [0.1, 0.15) is 19.8 Å². The van der Waals surface area contributed by atoms with Gasteiger partial charge in [-0.15, -0.1) is 13.2 Å². The van der Waals surface area contributed by atoms with Gasteiger partial charge in [0.05, 0.1) is 17.0 Å². The molecule has 168 valence electrons. The van der Waals surface area contributed by atoms with Gasteiger partial charge in [0, 0.05) is 32.8 Å². The number of urea groups is 1. The SMILES string of the molecule is C[C@@H](NC(=O)N1CCN(S(=O)(=O)c2ccc(OC(F)(F)F)cc2)CC1)[C@H]1CCCO1. The molecule has 2 aliphatic heterocycles. The Kier molecular flexibility index (Phi) is 6.78. The molecule has 0 radical (unpaired) electrons. The average molecular weight is 451 g/mol. The van der Waals surface area contributed by atoms with Gasteiger partial charge >= 0.3 is 12.4 Å². The number of sulfonamides is 1. The summed E-state index contributed by atoms with van der Waals surface area (Å²) >= 11 is 0. The van der Waals surface area contributed by atoms with E-state index in [9.17, 15) is 26.4 Å². The van der Waals surface area contributed by atoms with Gasteiger partial charge in [-0.3, -0.25) is 0 Å². The number of alkyl halides is 3. The summed E-state index contributed by atoms with van der Waals surface area (Å²) in [6.45, 7) is 3.15. The van der Waals surface area contributed by atoms with Gasteiger partial charge in [-0.2, -0.15) is 4.31 Å².